The molecule has 0 atom stereocenters. The van der Waals surface area contributed by atoms with E-state index in [0.29, 0.717) is 12.4 Å². The highest BCUT2D eigenvalue weighted by Crippen LogP contribution is 2.33. The van der Waals surface area contributed by atoms with E-state index in [9.17, 15) is 26.7 Å². The van der Waals surface area contributed by atoms with Crippen LogP contribution in [0, 0.1) is 11.6 Å². The summed E-state index contributed by atoms with van der Waals surface area (Å²) in [5.41, 5.74) is -1.88. The standard InChI is InChI=1S/C10H7F5O/c11-8-6(2-1-5-16)3-4-7(9(8)12)10(13,14)15/h3-5H,1-2H2. The minimum absolute atomic E-state index is 0.0677. The Hall–Kier alpha value is -1.46. The molecule has 0 fully saturated rings. The molecule has 0 aromatic heterocycles. The number of hydrogen-bond donors (Lipinski definition) is 0. The fourth-order valence-electron chi connectivity index (χ4n) is 1.22. The summed E-state index contributed by atoms with van der Waals surface area (Å²) in [5.74, 6) is -3.47. The highest BCUT2D eigenvalue weighted by atomic mass is 19.4. The quantitative estimate of drug-likeness (QED) is 0.584. The molecule has 0 aliphatic rings. The topological polar surface area (TPSA) is 17.1 Å². The zero-order valence-corrected chi connectivity index (χ0v) is 7.94. The Kier molecular flexibility index (Phi) is 3.62. The van der Waals surface area contributed by atoms with Gasteiger partial charge in [-0.2, -0.15) is 13.2 Å². The largest absolute Gasteiger partial charge is 0.419 e. The molecular formula is C10H7F5O. The molecule has 0 heterocycles. The van der Waals surface area contributed by atoms with E-state index in [1.807, 2.05) is 0 Å². The molecule has 1 aromatic rings. The van der Waals surface area contributed by atoms with Gasteiger partial charge in [0, 0.05) is 6.42 Å². The van der Waals surface area contributed by atoms with Gasteiger partial charge in [-0.1, -0.05) is 6.07 Å². The van der Waals surface area contributed by atoms with E-state index in [0.717, 1.165) is 6.07 Å². The summed E-state index contributed by atoms with van der Waals surface area (Å²) in [6.45, 7) is 0. The normalized spacial score (nSPS) is 11.6. The molecule has 1 rings (SSSR count). The monoisotopic (exact) mass is 238 g/mol. The number of aryl methyl sites for hydroxylation is 1. The van der Waals surface area contributed by atoms with Crippen molar-refractivity contribution in [3.63, 3.8) is 0 Å². The van der Waals surface area contributed by atoms with Gasteiger partial charge in [0.2, 0.25) is 0 Å². The van der Waals surface area contributed by atoms with Crippen LogP contribution in [0.5, 0.6) is 0 Å². The van der Waals surface area contributed by atoms with Crippen LogP contribution in [0.15, 0.2) is 12.1 Å². The molecule has 16 heavy (non-hydrogen) atoms. The van der Waals surface area contributed by atoms with Gasteiger partial charge in [-0.15, -0.1) is 0 Å². The van der Waals surface area contributed by atoms with Gasteiger partial charge in [-0.25, -0.2) is 8.78 Å². The van der Waals surface area contributed by atoms with Gasteiger partial charge in [-0.3, -0.25) is 0 Å². The van der Waals surface area contributed by atoms with Crippen molar-refractivity contribution in [1.29, 1.82) is 0 Å². The number of hydrogen-bond acceptors (Lipinski definition) is 1. The fraction of sp³-hybridized carbons (Fsp3) is 0.300. The molecule has 0 amide bonds. The van der Waals surface area contributed by atoms with E-state index in [2.05, 4.69) is 0 Å². The average molecular weight is 238 g/mol. The van der Waals surface area contributed by atoms with Crippen LogP contribution in [-0.4, -0.2) is 6.29 Å². The number of alkyl halides is 3. The number of carbonyl (C=O) groups excluding carboxylic acids is 1. The van der Waals surface area contributed by atoms with E-state index < -0.39 is 23.4 Å². The average Bonchev–Trinajstić information content (AvgIpc) is 2.18. The van der Waals surface area contributed by atoms with Crippen LogP contribution in [0.2, 0.25) is 0 Å². The lowest BCUT2D eigenvalue weighted by atomic mass is 10.1. The van der Waals surface area contributed by atoms with Crippen molar-refractivity contribution in [1.82, 2.24) is 0 Å². The van der Waals surface area contributed by atoms with Crippen LogP contribution in [0.25, 0.3) is 0 Å². The second-order valence-electron chi connectivity index (χ2n) is 3.10. The van der Waals surface area contributed by atoms with Gasteiger partial charge in [0.25, 0.3) is 0 Å². The lowest BCUT2D eigenvalue weighted by molar-refractivity contribution is -0.140. The number of carbonyl (C=O) groups is 1. The van der Waals surface area contributed by atoms with Crippen molar-refractivity contribution >= 4 is 6.29 Å². The maximum atomic E-state index is 13.1. The fourth-order valence-corrected chi connectivity index (χ4v) is 1.22. The number of rotatable bonds is 3. The lowest BCUT2D eigenvalue weighted by Crippen LogP contribution is -2.11. The molecule has 0 saturated heterocycles. The van der Waals surface area contributed by atoms with E-state index in [1.165, 1.54) is 0 Å². The van der Waals surface area contributed by atoms with Crippen LogP contribution >= 0.6 is 0 Å². The molecule has 0 aliphatic carbocycles. The van der Waals surface area contributed by atoms with Gasteiger partial charge in [-0.05, 0) is 18.1 Å². The van der Waals surface area contributed by atoms with Crippen LogP contribution < -0.4 is 0 Å². The number of halogens is 5. The molecule has 0 saturated carbocycles. The van der Waals surface area contributed by atoms with Gasteiger partial charge >= 0.3 is 6.18 Å². The molecule has 0 bridgehead atoms. The van der Waals surface area contributed by atoms with Crippen LogP contribution in [0.3, 0.4) is 0 Å². The predicted molar refractivity (Wildman–Crippen MR) is 45.7 cm³/mol. The minimum Gasteiger partial charge on any atom is -0.303 e. The van der Waals surface area contributed by atoms with Crippen molar-refractivity contribution in [3.8, 4) is 0 Å². The van der Waals surface area contributed by atoms with Gasteiger partial charge < -0.3 is 4.79 Å². The summed E-state index contributed by atoms with van der Waals surface area (Å²) >= 11 is 0. The summed E-state index contributed by atoms with van der Waals surface area (Å²) in [5, 5.41) is 0. The smallest absolute Gasteiger partial charge is 0.303 e. The molecule has 88 valence electrons. The summed E-state index contributed by atoms with van der Waals surface area (Å²) in [7, 11) is 0. The van der Waals surface area contributed by atoms with Crippen LogP contribution in [-0.2, 0) is 17.4 Å². The second kappa shape index (κ2) is 4.59. The molecule has 6 heteroatoms. The number of benzene rings is 1. The molecule has 0 N–H and O–H groups in total. The Balaban J connectivity index is 3.13. The van der Waals surface area contributed by atoms with Crippen LogP contribution in [0.1, 0.15) is 17.5 Å². The van der Waals surface area contributed by atoms with E-state index in [-0.39, 0.29) is 18.4 Å². The van der Waals surface area contributed by atoms with Crippen molar-refractivity contribution in [2.24, 2.45) is 0 Å². The highest BCUT2D eigenvalue weighted by molar-refractivity contribution is 5.50. The SMILES string of the molecule is O=CCCc1ccc(C(F)(F)F)c(F)c1F. The van der Waals surface area contributed by atoms with Crippen molar-refractivity contribution in [3.05, 3.63) is 34.9 Å². The summed E-state index contributed by atoms with van der Waals surface area (Å²) in [6.07, 6.45) is -4.63. The third-order valence-electron chi connectivity index (χ3n) is 2.00. The predicted octanol–water partition coefficient (Wildman–Crippen LogP) is 3.12. The van der Waals surface area contributed by atoms with E-state index in [1.54, 1.807) is 0 Å². The zero-order chi connectivity index (χ0) is 12.3. The number of aldehydes is 1. The maximum absolute atomic E-state index is 13.1. The first-order valence-electron chi connectivity index (χ1n) is 4.35. The molecule has 0 unspecified atom stereocenters. The third kappa shape index (κ3) is 2.56. The van der Waals surface area contributed by atoms with E-state index >= 15 is 0 Å². The maximum Gasteiger partial charge on any atom is 0.419 e. The van der Waals surface area contributed by atoms with Crippen molar-refractivity contribution in [2.75, 3.05) is 0 Å². The molecule has 1 nitrogen and oxygen atoms in total. The molecule has 0 spiro atoms. The van der Waals surface area contributed by atoms with Crippen molar-refractivity contribution in [2.45, 2.75) is 19.0 Å². The van der Waals surface area contributed by atoms with Gasteiger partial charge in [0.1, 0.15) is 6.29 Å². The second-order valence-corrected chi connectivity index (χ2v) is 3.10. The lowest BCUT2D eigenvalue weighted by Gasteiger charge is -2.10. The van der Waals surface area contributed by atoms with Crippen molar-refractivity contribution < 1.29 is 26.7 Å². The first kappa shape index (κ1) is 12.6. The third-order valence-corrected chi connectivity index (χ3v) is 2.00. The summed E-state index contributed by atoms with van der Waals surface area (Å²) < 4.78 is 62.6. The van der Waals surface area contributed by atoms with Crippen LogP contribution in [0.4, 0.5) is 22.0 Å². The Labute approximate surface area is 87.9 Å². The molecular weight excluding hydrogens is 231 g/mol. The molecule has 0 radical (unpaired) electrons. The minimum atomic E-state index is -4.92. The van der Waals surface area contributed by atoms with Gasteiger partial charge in [0.15, 0.2) is 11.6 Å². The molecule has 0 aliphatic heterocycles. The zero-order valence-electron chi connectivity index (χ0n) is 7.94. The van der Waals surface area contributed by atoms with E-state index in [4.69, 9.17) is 0 Å². The Morgan fingerprint density at radius 1 is 1.12 bits per heavy atom. The highest BCUT2D eigenvalue weighted by Gasteiger charge is 2.35. The first-order chi connectivity index (χ1) is 7.38. The summed E-state index contributed by atoms with van der Waals surface area (Å²) in [6, 6.07) is 1.31. The Morgan fingerprint density at radius 3 is 2.25 bits per heavy atom. The Morgan fingerprint density at radius 2 is 1.75 bits per heavy atom. The first-order valence-corrected chi connectivity index (χ1v) is 4.35. The Bertz CT molecular complexity index is 397. The van der Waals surface area contributed by atoms with Gasteiger partial charge in [0.05, 0.1) is 5.56 Å². The summed E-state index contributed by atoms with van der Waals surface area (Å²) in [4.78, 5) is 10.0. The molecule has 1 aromatic carbocycles.